The molecule has 0 aromatic carbocycles. The highest BCUT2D eigenvalue weighted by Crippen LogP contribution is 2.35. The molecule has 1 aromatic heterocycles. The van der Waals surface area contributed by atoms with E-state index >= 15 is 0 Å². The third-order valence-electron chi connectivity index (χ3n) is 4.09. The first-order chi connectivity index (χ1) is 10.0. The number of halogens is 1. The number of nitrogens with zero attached hydrogens (tertiary/aromatic N) is 2. The van der Waals surface area contributed by atoms with Gasteiger partial charge in [0.2, 0.25) is 11.8 Å². The van der Waals surface area contributed by atoms with Crippen LogP contribution >= 0.6 is 15.9 Å². The van der Waals surface area contributed by atoms with Gasteiger partial charge in [-0.2, -0.15) is 0 Å². The first-order valence-electron chi connectivity index (χ1n) is 7.24. The van der Waals surface area contributed by atoms with Crippen molar-refractivity contribution in [3.63, 3.8) is 0 Å². The number of aromatic nitrogens is 1. The lowest BCUT2D eigenvalue weighted by molar-refractivity contribution is -0.136. The fourth-order valence-corrected chi connectivity index (χ4v) is 3.20. The van der Waals surface area contributed by atoms with E-state index in [0.29, 0.717) is 18.9 Å². The SMILES string of the molecule is CC1CC(=O)NC(C2CC2)C(=O)N1Cc1cncc(Br)c1. The average Bonchev–Trinajstić information content (AvgIpc) is 3.25. The average molecular weight is 352 g/mol. The van der Waals surface area contributed by atoms with E-state index in [9.17, 15) is 9.59 Å². The Morgan fingerprint density at radius 2 is 2.14 bits per heavy atom. The van der Waals surface area contributed by atoms with Crippen LogP contribution in [0.4, 0.5) is 0 Å². The number of nitrogens with one attached hydrogen (secondary N) is 1. The predicted octanol–water partition coefficient (Wildman–Crippen LogP) is 1.86. The Morgan fingerprint density at radius 3 is 2.81 bits per heavy atom. The Labute approximate surface area is 132 Å². The van der Waals surface area contributed by atoms with Crippen molar-refractivity contribution in [2.24, 2.45) is 5.92 Å². The highest BCUT2D eigenvalue weighted by Gasteiger charge is 2.42. The van der Waals surface area contributed by atoms with Crippen molar-refractivity contribution < 1.29 is 9.59 Å². The molecule has 1 saturated heterocycles. The van der Waals surface area contributed by atoms with Crippen LogP contribution in [0.2, 0.25) is 0 Å². The summed E-state index contributed by atoms with van der Waals surface area (Å²) in [6, 6.07) is 1.52. The number of amides is 2. The number of rotatable bonds is 3. The Kier molecular flexibility index (Phi) is 3.97. The van der Waals surface area contributed by atoms with Crippen molar-refractivity contribution >= 4 is 27.7 Å². The van der Waals surface area contributed by atoms with Gasteiger partial charge < -0.3 is 10.2 Å². The summed E-state index contributed by atoms with van der Waals surface area (Å²) in [5, 5.41) is 2.89. The molecule has 1 aromatic rings. The van der Waals surface area contributed by atoms with Gasteiger partial charge in [0.05, 0.1) is 0 Å². The molecule has 0 radical (unpaired) electrons. The molecule has 2 heterocycles. The Hall–Kier alpha value is -1.43. The fourth-order valence-electron chi connectivity index (χ4n) is 2.79. The topological polar surface area (TPSA) is 62.3 Å². The standard InChI is InChI=1S/C15H18BrN3O2/c1-9-4-13(20)18-14(11-2-3-11)15(21)19(9)8-10-5-12(16)7-17-6-10/h5-7,9,11,14H,2-4,8H2,1H3,(H,18,20). The minimum atomic E-state index is -0.345. The minimum absolute atomic E-state index is 0.0254. The van der Waals surface area contributed by atoms with Gasteiger partial charge in [-0.1, -0.05) is 0 Å². The van der Waals surface area contributed by atoms with Gasteiger partial charge in [-0.3, -0.25) is 14.6 Å². The highest BCUT2D eigenvalue weighted by molar-refractivity contribution is 9.10. The zero-order chi connectivity index (χ0) is 15.0. The Morgan fingerprint density at radius 1 is 1.38 bits per heavy atom. The van der Waals surface area contributed by atoms with E-state index < -0.39 is 0 Å². The normalized spacial score (nSPS) is 26.5. The van der Waals surface area contributed by atoms with E-state index in [-0.39, 0.29) is 23.9 Å². The number of hydrogen-bond acceptors (Lipinski definition) is 3. The minimum Gasteiger partial charge on any atom is -0.344 e. The number of hydrogen-bond donors (Lipinski definition) is 1. The summed E-state index contributed by atoms with van der Waals surface area (Å²) in [7, 11) is 0. The number of pyridine rings is 1. The van der Waals surface area contributed by atoms with Crippen LogP contribution in [0.25, 0.3) is 0 Å². The fraction of sp³-hybridized carbons (Fsp3) is 0.533. The summed E-state index contributed by atoms with van der Waals surface area (Å²) in [5.74, 6) is 0.327. The van der Waals surface area contributed by atoms with Gasteiger partial charge in [-0.05, 0) is 53.2 Å². The van der Waals surface area contributed by atoms with Gasteiger partial charge in [0, 0.05) is 35.9 Å². The molecule has 0 bridgehead atoms. The quantitative estimate of drug-likeness (QED) is 0.903. The molecular formula is C15H18BrN3O2. The van der Waals surface area contributed by atoms with Crippen LogP contribution in [0, 0.1) is 5.92 Å². The molecule has 2 atom stereocenters. The molecule has 0 spiro atoms. The number of carbonyl (C=O) groups is 2. The molecule has 6 heteroatoms. The van der Waals surface area contributed by atoms with E-state index in [1.807, 2.05) is 17.9 Å². The van der Waals surface area contributed by atoms with Gasteiger partial charge in [0.15, 0.2) is 0 Å². The molecule has 2 amide bonds. The van der Waals surface area contributed by atoms with E-state index in [1.54, 1.807) is 12.4 Å². The maximum atomic E-state index is 12.8. The van der Waals surface area contributed by atoms with Crippen LogP contribution in [0.5, 0.6) is 0 Å². The molecule has 2 aliphatic rings. The van der Waals surface area contributed by atoms with E-state index in [2.05, 4.69) is 26.2 Å². The van der Waals surface area contributed by atoms with Crippen molar-refractivity contribution in [1.82, 2.24) is 15.2 Å². The second kappa shape index (κ2) is 5.75. The Bertz CT molecular complexity index is 574. The first kappa shape index (κ1) is 14.5. The maximum absolute atomic E-state index is 12.8. The monoisotopic (exact) mass is 351 g/mol. The largest absolute Gasteiger partial charge is 0.344 e. The smallest absolute Gasteiger partial charge is 0.245 e. The molecule has 1 aliphatic carbocycles. The van der Waals surface area contributed by atoms with Gasteiger partial charge in [-0.25, -0.2) is 0 Å². The first-order valence-corrected chi connectivity index (χ1v) is 8.03. The second-order valence-electron chi connectivity index (χ2n) is 5.91. The summed E-state index contributed by atoms with van der Waals surface area (Å²) in [6.07, 6.45) is 5.89. The van der Waals surface area contributed by atoms with E-state index in [4.69, 9.17) is 0 Å². The van der Waals surface area contributed by atoms with Crippen LogP contribution in [-0.4, -0.2) is 33.8 Å². The van der Waals surface area contributed by atoms with E-state index in [0.717, 1.165) is 22.9 Å². The third-order valence-corrected chi connectivity index (χ3v) is 4.52. The lowest BCUT2D eigenvalue weighted by Gasteiger charge is -2.28. The lowest BCUT2D eigenvalue weighted by atomic mass is 10.1. The summed E-state index contributed by atoms with van der Waals surface area (Å²) in [6.45, 7) is 2.42. The maximum Gasteiger partial charge on any atom is 0.245 e. The lowest BCUT2D eigenvalue weighted by Crippen LogP contribution is -2.47. The molecule has 21 heavy (non-hydrogen) atoms. The number of carbonyl (C=O) groups excluding carboxylic acids is 2. The third kappa shape index (κ3) is 3.26. The molecule has 1 N–H and O–H groups in total. The van der Waals surface area contributed by atoms with Gasteiger partial charge in [0.25, 0.3) is 0 Å². The molecular weight excluding hydrogens is 334 g/mol. The summed E-state index contributed by atoms with van der Waals surface area (Å²) in [4.78, 5) is 30.6. The summed E-state index contributed by atoms with van der Waals surface area (Å²) in [5.41, 5.74) is 0.966. The van der Waals surface area contributed by atoms with Gasteiger partial charge >= 0.3 is 0 Å². The highest BCUT2D eigenvalue weighted by atomic mass is 79.9. The molecule has 1 saturated carbocycles. The van der Waals surface area contributed by atoms with Crippen molar-refractivity contribution in [2.75, 3.05) is 0 Å². The summed E-state index contributed by atoms with van der Waals surface area (Å²) < 4.78 is 0.892. The van der Waals surface area contributed by atoms with Crippen LogP contribution in [0.1, 0.15) is 31.7 Å². The van der Waals surface area contributed by atoms with Crippen LogP contribution in [0.15, 0.2) is 22.9 Å². The zero-order valence-electron chi connectivity index (χ0n) is 11.9. The Balaban J connectivity index is 1.83. The molecule has 2 unspecified atom stereocenters. The van der Waals surface area contributed by atoms with Crippen LogP contribution in [-0.2, 0) is 16.1 Å². The van der Waals surface area contributed by atoms with Gasteiger partial charge in [-0.15, -0.1) is 0 Å². The molecule has 2 fully saturated rings. The second-order valence-corrected chi connectivity index (χ2v) is 6.83. The van der Waals surface area contributed by atoms with Gasteiger partial charge in [0.1, 0.15) is 6.04 Å². The molecule has 1 aliphatic heterocycles. The van der Waals surface area contributed by atoms with Crippen LogP contribution in [0.3, 0.4) is 0 Å². The molecule has 3 rings (SSSR count). The summed E-state index contributed by atoms with van der Waals surface area (Å²) >= 11 is 3.39. The predicted molar refractivity (Wildman–Crippen MR) is 81.2 cm³/mol. The van der Waals surface area contributed by atoms with Crippen molar-refractivity contribution in [3.05, 3.63) is 28.5 Å². The zero-order valence-corrected chi connectivity index (χ0v) is 13.5. The molecule has 5 nitrogen and oxygen atoms in total. The van der Waals surface area contributed by atoms with Crippen molar-refractivity contribution in [1.29, 1.82) is 0 Å². The van der Waals surface area contributed by atoms with E-state index in [1.165, 1.54) is 0 Å². The van der Waals surface area contributed by atoms with Crippen molar-refractivity contribution in [2.45, 2.75) is 44.8 Å². The van der Waals surface area contributed by atoms with Crippen LogP contribution < -0.4 is 5.32 Å². The van der Waals surface area contributed by atoms with Crippen molar-refractivity contribution in [3.8, 4) is 0 Å². The molecule has 112 valence electrons.